The van der Waals surface area contributed by atoms with Crippen molar-refractivity contribution < 1.29 is 19.5 Å². The molecule has 1 aromatic heterocycles. The zero-order chi connectivity index (χ0) is 26.3. The Bertz CT molecular complexity index is 1450. The predicted octanol–water partition coefficient (Wildman–Crippen LogP) is 5.06. The first-order valence-corrected chi connectivity index (χ1v) is 11.9. The van der Waals surface area contributed by atoms with E-state index >= 15 is 0 Å². The second kappa shape index (κ2) is 9.54. The molecular weight excluding hydrogens is 474 g/mol. The lowest BCUT2D eigenvalue weighted by molar-refractivity contribution is -0.122. The first-order chi connectivity index (χ1) is 17.0. The minimum absolute atomic E-state index is 0.0334. The number of carbonyl (C=O) groups is 3. The van der Waals surface area contributed by atoms with E-state index in [0.29, 0.717) is 17.2 Å². The number of hydrogen-bond acceptors (Lipinski definition) is 4. The lowest BCUT2D eigenvalue weighted by Crippen LogP contribution is -2.54. The number of carboxylic acid groups (broad SMARTS) is 1. The fraction of sp³-hybridized carbons (Fsp3) is 0.214. The van der Waals surface area contributed by atoms with Crippen LogP contribution in [0.2, 0.25) is 0 Å². The number of thiocarbonyl (C=S) groups is 1. The summed E-state index contributed by atoms with van der Waals surface area (Å²) in [4.78, 5) is 39.1. The van der Waals surface area contributed by atoms with Crippen LogP contribution >= 0.6 is 12.2 Å². The molecule has 1 aliphatic rings. The van der Waals surface area contributed by atoms with Crippen LogP contribution in [0.1, 0.15) is 58.2 Å². The highest BCUT2D eigenvalue weighted by atomic mass is 32.1. The summed E-state index contributed by atoms with van der Waals surface area (Å²) in [6.45, 7) is 9.83. The molecular formula is C28H27N3O4S. The SMILES string of the molecule is Cc1ccc(C(=O)O)cc1-n1c(C)cc(/C=C2\C(=O)NC(=S)N(c3ccc(C(C)C)cc3)C2=O)c1C. The first-order valence-electron chi connectivity index (χ1n) is 11.5. The molecule has 0 radical (unpaired) electrons. The molecule has 1 aliphatic heterocycles. The van der Waals surface area contributed by atoms with Crippen molar-refractivity contribution in [1.82, 2.24) is 9.88 Å². The third kappa shape index (κ3) is 4.47. The summed E-state index contributed by atoms with van der Waals surface area (Å²) in [7, 11) is 0. The number of hydrogen-bond donors (Lipinski definition) is 2. The summed E-state index contributed by atoms with van der Waals surface area (Å²) in [5.74, 6) is -1.74. The van der Waals surface area contributed by atoms with Crippen molar-refractivity contribution in [2.45, 2.75) is 40.5 Å². The average Bonchev–Trinajstić information content (AvgIpc) is 3.09. The van der Waals surface area contributed by atoms with Crippen LogP contribution in [0.5, 0.6) is 0 Å². The van der Waals surface area contributed by atoms with Crippen LogP contribution in [-0.4, -0.2) is 32.6 Å². The van der Waals surface area contributed by atoms with E-state index in [1.54, 1.807) is 24.3 Å². The lowest BCUT2D eigenvalue weighted by Gasteiger charge is -2.29. The second-order valence-corrected chi connectivity index (χ2v) is 9.56. The van der Waals surface area contributed by atoms with E-state index in [0.717, 1.165) is 28.2 Å². The Morgan fingerprint density at radius 1 is 1.03 bits per heavy atom. The van der Waals surface area contributed by atoms with Crippen LogP contribution in [0.25, 0.3) is 11.8 Å². The summed E-state index contributed by atoms with van der Waals surface area (Å²) in [6, 6.07) is 14.3. The summed E-state index contributed by atoms with van der Waals surface area (Å²) in [6.07, 6.45) is 1.56. The van der Waals surface area contributed by atoms with Gasteiger partial charge in [-0.3, -0.25) is 19.8 Å². The number of carboxylic acids is 1. The minimum atomic E-state index is -1.01. The Hall–Kier alpha value is -4.04. The summed E-state index contributed by atoms with van der Waals surface area (Å²) in [5, 5.41) is 12.1. The molecule has 1 saturated heterocycles. The molecule has 2 amide bonds. The Morgan fingerprint density at radius 2 is 1.69 bits per heavy atom. The van der Waals surface area contributed by atoms with Gasteiger partial charge >= 0.3 is 5.97 Å². The van der Waals surface area contributed by atoms with Crippen molar-refractivity contribution in [3.05, 3.63) is 87.7 Å². The van der Waals surface area contributed by atoms with Crippen LogP contribution in [0.4, 0.5) is 5.69 Å². The molecule has 8 heteroatoms. The highest BCUT2D eigenvalue weighted by molar-refractivity contribution is 7.80. The number of aromatic nitrogens is 1. The number of aryl methyl sites for hydroxylation is 2. The number of rotatable bonds is 5. The third-order valence-corrected chi connectivity index (χ3v) is 6.67. The molecule has 2 N–H and O–H groups in total. The largest absolute Gasteiger partial charge is 0.478 e. The number of nitrogens with one attached hydrogen (secondary N) is 1. The maximum absolute atomic E-state index is 13.5. The normalized spacial score (nSPS) is 15.1. The molecule has 0 spiro atoms. The zero-order valence-electron chi connectivity index (χ0n) is 20.7. The predicted molar refractivity (Wildman–Crippen MR) is 144 cm³/mol. The monoisotopic (exact) mass is 501 g/mol. The average molecular weight is 502 g/mol. The Kier molecular flexibility index (Phi) is 6.65. The van der Waals surface area contributed by atoms with Gasteiger partial charge in [-0.25, -0.2) is 4.79 Å². The molecule has 0 atom stereocenters. The van der Waals surface area contributed by atoms with Crippen molar-refractivity contribution in [3.8, 4) is 5.69 Å². The first kappa shape index (κ1) is 25.1. The van der Waals surface area contributed by atoms with E-state index in [4.69, 9.17) is 12.2 Å². The van der Waals surface area contributed by atoms with E-state index in [1.165, 1.54) is 4.90 Å². The zero-order valence-corrected chi connectivity index (χ0v) is 21.6. The Balaban J connectivity index is 1.76. The van der Waals surface area contributed by atoms with Gasteiger partial charge in [0.1, 0.15) is 5.57 Å². The molecule has 184 valence electrons. The van der Waals surface area contributed by atoms with Crippen LogP contribution in [-0.2, 0) is 9.59 Å². The maximum Gasteiger partial charge on any atom is 0.335 e. The fourth-order valence-corrected chi connectivity index (χ4v) is 4.62. The molecule has 3 aromatic rings. The van der Waals surface area contributed by atoms with Crippen LogP contribution in [0.3, 0.4) is 0 Å². The molecule has 0 unspecified atom stereocenters. The van der Waals surface area contributed by atoms with Gasteiger partial charge in [-0.15, -0.1) is 0 Å². The van der Waals surface area contributed by atoms with Gasteiger partial charge in [0, 0.05) is 17.1 Å². The van der Waals surface area contributed by atoms with Crippen molar-refractivity contribution in [3.63, 3.8) is 0 Å². The molecule has 2 aromatic carbocycles. The van der Waals surface area contributed by atoms with Gasteiger partial charge in [0.25, 0.3) is 11.8 Å². The highest BCUT2D eigenvalue weighted by Crippen LogP contribution is 2.28. The van der Waals surface area contributed by atoms with E-state index < -0.39 is 17.8 Å². The standard InChI is InChI=1S/C28H27N3O4S/c1-15(2)19-8-10-22(11-9-19)31-26(33)23(25(32)29-28(31)36)13-21-12-17(4)30(18(21)5)24-14-20(27(34)35)7-6-16(24)3/h6-15H,1-5H3,(H,34,35)(H,29,32,36)/b23-13+. The molecule has 0 aliphatic carbocycles. The Labute approximate surface area is 215 Å². The fourth-order valence-electron chi connectivity index (χ4n) is 4.34. The molecule has 2 heterocycles. The summed E-state index contributed by atoms with van der Waals surface area (Å²) in [5.41, 5.74) is 5.75. The van der Waals surface area contributed by atoms with E-state index in [-0.39, 0.29) is 16.2 Å². The summed E-state index contributed by atoms with van der Waals surface area (Å²) >= 11 is 5.32. The van der Waals surface area contributed by atoms with Crippen molar-refractivity contribution in [1.29, 1.82) is 0 Å². The lowest BCUT2D eigenvalue weighted by atomic mass is 10.0. The quantitative estimate of drug-likeness (QED) is 0.290. The van der Waals surface area contributed by atoms with E-state index in [9.17, 15) is 19.5 Å². The van der Waals surface area contributed by atoms with E-state index in [1.807, 2.05) is 55.7 Å². The number of amides is 2. The minimum Gasteiger partial charge on any atom is -0.478 e. The van der Waals surface area contributed by atoms with E-state index in [2.05, 4.69) is 19.2 Å². The van der Waals surface area contributed by atoms with Crippen LogP contribution < -0.4 is 10.2 Å². The molecule has 0 bridgehead atoms. The molecule has 4 rings (SSSR count). The number of aromatic carboxylic acids is 1. The molecule has 7 nitrogen and oxygen atoms in total. The molecule has 0 saturated carbocycles. The maximum atomic E-state index is 13.5. The second-order valence-electron chi connectivity index (χ2n) is 9.17. The van der Waals surface area contributed by atoms with Crippen molar-refractivity contribution in [2.75, 3.05) is 4.90 Å². The topological polar surface area (TPSA) is 91.6 Å². The number of benzene rings is 2. The van der Waals surface area contributed by atoms with Crippen LogP contribution in [0, 0.1) is 20.8 Å². The van der Waals surface area contributed by atoms with Gasteiger partial charge in [0.15, 0.2) is 5.11 Å². The highest BCUT2D eigenvalue weighted by Gasteiger charge is 2.34. The van der Waals surface area contributed by atoms with Gasteiger partial charge in [-0.05, 0) is 92.0 Å². The molecule has 1 fully saturated rings. The Morgan fingerprint density at radius 3 is 2.31 bits per heavy atom. The number of nitrogens with zero attached hydrogens (tertiary/aromatic N) is 2. The third-order valence-electron chi connectivity index (χ3n) is 6.39. The van der Waals surface area contributed by atoms with Gasteiger partial charge in [-0.2, -0.15) is 0 Å². The molecule has 36 heavy (non-hydrogen) atoms. The van der Waals surface area contributed by atoms with Crippen LogP contribution in [0.15, 0.2) is 54.1 Å². The van der Waals surface area contributed by atoms with Gasteiger partial charge in [0.2, 0.25) is 0 Å². The number of carbonyl (C=O) groups excluding carboxylic acids is 2. The van der Waals surface area contributed by atoms with Gasteiger partial charge in [0.05, 0.1) is 11.3 Å². The van der Waals surface area contributed by atoms with Crippen molar-refractivity contribution >= 4 is 46.9 Å². The smallest absolute Gasteiger partial charge is 0.335 e. The number of anilines is 1. The van der Waals surface area contributed by atoms with Gasteiger partial charge < -0.3 is 9.67 Å². The van der Waals surface area contributed by atoms with Crippen molar-refractivity contribution in [2.24, 2.45) is 0 Å². The summed E-state index contributed by atoms with van der Waals surface area (Å²) < 4.78 is 1.92. The van der Waals surface area contributed by atoms with Gasteiger partial charge in [-0.1, -0.05) is 32.0 Å².